The molecule has 1 atom stereocenters. The lowest BCUT2D eigenvalue weighted by Crippen LogP contribution is -2.37. The monoisotopic (exact) mass is 270 g/mol. The minimum Gasteiger partial charge on any atom is -0.481 e. The number of carboxylic acids is 1. The smallest absolute Gasteiger partial charge is 0.314 e. The quantitative estimate of drug-likeness (QED) is 0.563. The third-order valence-electron chi connectivity index (χ3n) is 3.83. The van der Waals surface area contributed by atoms with Crippen molar-refractivity contribution in [2.75, 3.05) is 13.1 Å². The number of carbonyl (C=O) groups excluding carboxylic acids is 1. The van der Waals surface area contributed by atoms with Gasteiger partial charge < -0.3 is 15.7 Å². The Morgan fingerprint density at radius 1 is 1.16 bits per heavy atom. The summed E-state index contributed by atoms with van der Waals surface area (Å²) in [7, 11) is 0. The van der Waals surface area contributed by atoms with Crippen LogP contribution in [-0.2, 0) is 4.79 Å². The van der Waals surface area contributed by atoms with Crippen LogP contribution in [0.5, 0.6) is 0 Å². The second kappa shape index (κ2) is 7.36. The van der Waals surface area contributed by atoms with Crippen LogP contribution in [0.15, 0.2) is 0 Å². The van der Waals surface area contributed by atoms with E-state index in [-0.39, 0.29) is 12.5 Å². The SMILES string of the molecule is CC1(C)CC1CNC(=O)NCCCCCCC(=O)O. The molecular weight excluding hydrogens is 244 g/mol. The fraction of sp³-hybridized carbons (Fsp3) is 0.857. The maximum Gasteiger partial charge on any atom is 0.314 e. The van der Waals surface area contributed by atoms with Crippen LogP contribution in [-0.4, -0.2) is 30.2 Å². The number of carbonyl (C=O) groups is 2. The van der Waals surface area contributed by atoms with Crippen LogP contribution in [0.25, 0.3) is 0 Å². The Kier molecular flexibility index (Phi) is 6.12. The molecule has 0 heterocycles. The first kappa shape index (κ1) is 15.8. The number of hydrogen-bond donors (Lipinski definition) is 3. The van der Waals surface area contributed by atoms with Crippen molar-refractivity contribution in [2.24, 2.45) is 11.3 Å². The Morgan fingerprint density at radius 3 is 2.37 bits per heavy atom. The zero-order valence-corrected chi connectivity index (χ0v) is 12.0. The maximum atomic E-state index is 11.5. The van der Waals surface area contributed by atoms with Gasteiger partial charge in [-0.05, 0) is 30.6 Å². The summed E-state index contributed by atoms with van der Waals surface area (Å²) in [6.07, 6.45) is 4.93. The van der Waals surface area contributed by atoms with Gasteiger partial charge in [0.2, 0.25) is 0 Å². The number of aliphatic carboxylic acids is 1. The van der Waals surface area contributed by atoms with Gasteiger partial charge in [0.1, 0.15) is 0 Å². The van der Waals surface area contributed by atoms with Gasteiger partial charge in [0.25, 0.3) is 0 Å². The number of nitrogens with one attached hydrogen (secondary N) is 2. The first-order valence-electron chi connectivity index (χ1n) is 7.15. The van der Waals surface area contributed by atoms with E-state index in [1.807, 2.05) is 0 Å². The molecule has 0 aromatic heterocycles. The predicted molar refractivity (Wildman–Crippen MR) is 74.0 cm³/mol. The molecule has 3 N–H and O–H groups in total. The van der Waals surface area contributed by atoms with Crippen molar-refractivity contribution in [3.8, 4) is 0 Å². The van der Waals surface area contributed by atoms with Crippen LogP contribution < -0.4 is 10.6 Å². The van der Waals surface area contributed by atoms with Crippen molar-refractivity contribution in [3.05, 3.63) is 0 Å². The van der Waals surface area contributed by atoms with Crippen LogP contribution in [0.1, 0.15) is 52.4 Å². The molecule has 5 heteroatoms. The van der Waals surface area contributed by atoms with Crippen LogP contribution in [0.3, 0.4) is 0 Å². The Morgan fingerprint density at radius 2 is 1.79 bits per heavy atom. The third-order valence-corrected chi connectivity index (χ3v) is 3.83. The molecule has 1 aliphatic carbocycles. The summed E-state index contributed by atoms with van der Waals surface area (Å²) in [6.45, 7) is 5.85. The van der Waals surface area contributed by atoms with Crippen LogP contribution in [0, 0.1) is 11.3 Å². The maximum absolute atomic E-state index is 11.5. The molecular formula is C14H26N2O3. The zero-order chi connectivity index (χ0) is 14.3. The van der Waals surface area contributed by atoms with Crippen molar-refractivity contribution in [2.45, 2.75) is 52.4 Å². The highest BCUT2D eigenvalue weighted by molar-refractivity contribution is 5.73. The number of unbranched alkanes of at least 4 members (excludes halogenated alkanes) is 3. The van der Waals surface area contributed by atoms with E-state index >= 15 is 0 Å². The van der Waals surface area contributed by atoms with E-state index in [2.05, 4.69) is 24.5 Å². The summed E-state index contributed by atoms with van der Waals surface area (Å²) < 4.78 is 0. The molecule has 0 spiro atoms. The average molecular weight is 270 g/mol. The van der Waals surface area contributed by atoms with Gasteiger partial charge in [0.05, 0.1) is 0 Å². The fourth-order valence-corrected chi connectivity index (χ4v) is 2.16. The molecule has 0 aromatic rings. The summed E-state index contributed by atoms with van der Waals surface area (Å²) in [5.74, 6) is -0.116. The van der Waals surface area contributed by atoms with Gasteiger partial charge in [-0.25, -0.2) is 4.79 Å². The zero-order valence-electron chi connectivity index (χ0n) is 12.0. The van der Waals surface area contributed by atoms with E-state index in [0.717, 1.165) is 32.2 Å². The summed E-state index contributed by atoms with van der Waals surface area (Å²) in [5.41, 5.74) is 0.400. The van der Waals surface area contributed by atoms with E-state index < -0.39 is 5.97 Å². The lowest BCUT2D eigenvalue weighted by Gasteiger charge is -2.08. The molecule has 5 nitrogen and oxygen atoms in total. The molecule has 0 bridgehead atoms. The van der Waals surface area contributed by atoms with Gasteiger partial charge in [-0.15, -0.1) is 0 Å². The van der Waals surface area contributed by atoms with E-state index in [9.17, 15) is 9.59 Å². The Balaban J connectivity index is 1.86. The molecule has 2 amide bonds. The molecule has 1 fully saturated rings. The lowest BCUT2D eigenvalue weighted by atomic mass is 10.1. The van der Waals surface area contributed by atoms with Crippen molar-refractivity contribution in [1.82, 2.24) is 10.6 Å². The molecule has 110 valence electrons. The molecule has 1 aliphatic rings. The molecule has 0 radical (unpaired) electrons. The summed E-state index contributed by atoms with van der Waals surface area (Å²) >= 11 is 0. The highest BCUT2D eigenvalue weighted by Gasteiger charge is 2.45. The summed E-state index contributed by atoms with van der Waals surface area (Å²) in [6, 6.07) is -0.0896. The highest BCUT2D eigenvalue weighted by Crippen LogP contribution is 2.50. The minimum atomic E-state index is -0.736. The average Bonchev–Trinajstić information content (AvgIpc) is 2.93. The largest absolute Gasteiger partial charge is 0.481 e. The molecule has 1 unspecified atom stereocenters. The van der Waals surface area contributed by atoms with Crippen molar-refractivity contribution >= 4 is 12.0 Å². The second-order valence-electron chi connectivity index (χ2n) is 6.08. The topological polar surface area (TPSA) is 78.4 Å². The predicted octanol–water partition coefficient (Wildman–Crippen LogP) is 2.37. The summed E-state index contributed by atoms with van der Waals surface area (Å²) in [5, 5.41) is 14.2. The van der Waals surface area contributed by atoms with Crippen LogP contribution in [0.2, 0.25) is 0 Å². The second-order valence-corrected chi connectivity index (χ2v) is 6.08. The van der Waals surface area contributed by atoms with Gasteiger partial charge in [-0.3, -0.25) is 4.79 Å². The number of carboxylic acid groups (broad SMARTS) is 1. The first-order valence-corrected chi connectivity index (χ1v) is 7.15. The van der Waals surface area contributed by atoms with Crippen molar-refractivity contribution in [1.29, 1.82) is 0 Å². The van der Waals surface area contributed by atoms with Gasteiger partial charge in [-0.2, -0.15) is 0 Å². The number of urea groups is 1. The number of amides is 2. The Bertz CT molecular complexity index is 316. The Hall–Kier alpha value is -1.26. The first-order chi connectivity index (χ1) is 8.92. The van der Waals surface area contributed by atoms with E-state index in [4.69, 9.17) is 5.11 Å². The lowest BCUT2D eigenvalue weighted by molar-refractivity contribution is -0.137. The van der Waals surface area contributed by atoms with Crippen molar-refractivity contribution < 1.29 is 14.7 Å². The van der Waals surface area contributed by atoms with Crippen LogP contribution in [0.4, 0.5) is 4.79 Å². The fourth-order valence-electron chi connectivity index (χ4n) is 2.16. The third kappa shape index (κ3) is 7.03. The standard InChI is InChI=1S/C14H26N2O3/c1-14(2)9-11(14)10-16-13(19)15-8-6-4-3-5-7-12(17)18/h11H,3-10H2,1-2H3,(H,17,18)(H2,15,16,19). The van der Waals surface area contributed by atoms with E-state index in [1.165, 1.54) is 6.42 Å². The molecule has 0 aromatic carbocycles. The van der Waals surface area contributed by atoms with E-state index in [1.54, 1.807) is 0 Å². The van der Waals surface area contributed by atoms with Crippen molar-refractivity contribution in [3.63, 3.8) is 0 Å². The van der Waals surface area contributed by atoms with Gasteiger partial charge in [0, 0.05) is 19.5 Å². The molecule has 1 rings (SSSR count). The van der Waals surface area contributed by atoms with Crippen LogP contribution >= 0.6 is 0 Å². The number of rotatable bonds is 9. The van der Waals surface area contributed by atoms with Gasteiger partial charge in [0.15, 0.2) is 0 Å². The normalized spacial score (nSPS) is 19.8. The summed E-state index contributed by atoms with van der Waals surface area (Å²) in [4.78, 5) is 21.8. The Labute approximate surface area is 115 Å². The molecule has 0 saturated heterocycles. The van der Waals surface area contributed by atoms with Gasteiger partial charge in [-0.1, -0.05) is 26.7 Å². The minimum absolute atomic E-state index is 0.0896. The molecule has 19 heavy (non-hydrogen) atoms. The molecule has 0 aliphatic heterocycles. The highest BCUT2D eigenvalue weighted by atomic mass is 16.4. The molecule has 1 saturated carbocycles. The van der Waals surface area contributed by atoms with Gasteiger partial charge >= 0.3 is 12.0 Å². The van der Waals surface area contributed by atoms with E-state index in [0.29, 0.717) is 17.9 Å². The number of hydrogen-bond acceptors (Lipinski definition) is 2.